The van der Waals surface area contributed by atoms with Gasteiger partial charge in [-0.25, -0.2) is 0 Å². The molecule has 0 spiro atoms. The number of hydrogen-bond donors (Lipinski definition) is 1. The molecular formula is C22H24N2O2. The first kappa shape index (κ1) is 16.0. The highest BCUT2D eigenvalue weighted by atomic mass is 16.5. The molecule has 2 aromatic rings. The Morgan fingerprint density at radius 1 is 1.19 bits per heavy atom. The molecule has 1 N–H and O–H groups in total. The smallest absolute Gasteiger partial charge is 0.224 e. The minimum Gasteiger partial charge on any atom is -0.380 e. The molecule has 0 unspecified atom stereocenters. The van der Waals surface area contributed by atoms with Crippen molar-refractivity contribution < 1.29 is 9.53 Å². The lowest BCUT2D eigenvalue weighted by Crippen LogP contribution is -2.76. The molecule has 0 aliphatic heterocycles. The summed E-state index contributed by atoms with van der Waals surface area (Å²) in [5.41, 5.74) is 4.02. The Kier molecular flexibility index (Phi) is 3.48. The molecule has 1 heterocycles. The van der Waals surface area contributed by atoms with Crippen LogP contribution in [0.3, 0.4) is 0 Å². The fraction of sp³-hybridized carbons (Fsp3) is 0.455. The van der Waals surface area contributed by atoms with E-state index in [4.69, 9.17) is 4.74 Å². The molecule has 1 aromatic carbocycles. The van der Waals surface area contributed by atoms with E-state index in [-0.39, 0.29) is 17.4 Å². The second-order valence-electron chi connectivity index (χ2n) is 8.41. The maximum Gasteiger partial charge on any atom is 0.224 e. The van der Waals surface area contributed by atoms with Gasteiger partial charge in [0, 0.05) is 41.8 Å². The maximum atomic E-state index is 12.6. The first-order valence-electron chi connectivity index (χ1n) is 9.44. The Bertz CT molecular complexity index is 811. The van der Waals surface area contributed by atoms with Crippen molar-refractivity contribution in [2.75, 3.05) is 7.11 Å². The largest absolute Gasteiger partial charge is 0.380 e. The Morgan fingerprint density at radius 3 is 2.62 bits per heavy atom. The number of rotatable bonds is 6. The quantitative estimate of drug-likeness (QED) is 0.871. The molecule has 134 valence electrons. The molecule has 26 heavy (non-hydrogen) atoms. The zero-order valence-electron chi connectivity index (χ0n) is 15.1. The van der Waals surface area contributed by atoms with E-state index in [1.54, 1.807) is 7.11 Å². The van der Waals surface area contributed by atoms with Crippen LogP contribution in [0, 0.1) is 5.92 Å². The molecule has 4 nitrogen and oxygen atoms in total. The van der Waals surface area contributed by atoms with Crippen LogP contribution in [0.15, 0.2) is 48.7 Å². The monoisotopic (exact) mass is 348 g/mol. The standard InChI is InChI=1S/C22H24N2O2/c1-26-11-15-5-7-16(8-6-15)21-12-22(13-21,14-21)24-20(25)18-10-17(18)19-4-2-3-9-23-19/h2-9,17-18H,10-14H2,1H3,(H,24,25)/t17-,18-,21?,22?/m1/s1. The third-order valence-electron chi connectivity index (χ3n) is 6.49. The van der Waals surface area contributed by atoms with Crippen LogP contribution in [0.2, 0.25) is 0 Å². The molecular weight excluding hydrogens is 324 g/mol. The molecule has 4 saturated carbocycles. The van der Waals surface area contributed by atoms with Gasteiger partial charge in [-0.05, 0) is 48.9 Å². The van der Waals surface area contributed by atoms with Crippen LogP contribution in [-0.4, -0.2) is 23.5 Å². The Morgan fingerprint density at radius 2 is 1.96 bits per heavy atom. The average Bonchev–Trinajstić information content (AvgIpc) is 3.40. The third kappa shape index (κ3) is 2.47. The number of methoxy groups -OCH3 is 1. The van der Waals surface area contributed by atoms with E-state index in [0.717, 1.165) is 31.4 Å². The Labute approximate surface area is 154 Å². The number of aromatic nitrogens is 1. The summed E-state index contributed by atoms with van der Waals surface area (Å²) in [6.07, 6.45) is 5.99. The van der Waals surface area contributed by atoms with Crippen molar-refractivity contribution in [2.24, 2.45) is 5.92 Å². The van der Waals surface area contributed by atoms with Crippen LogP contribution in [-0.2, 0) is 21.6 Å². The number of nitrogens with zero attached hydrogens (tertiary/aromatic N) is 1. The molecule has 4 fully saturated rings. The lowest BCUT2D eigenvalue weighted by atomic mass is 9.37. The summed E-state index contributed by atoms with van der Waals surface area (Å²) in [5.74, 6) is 0.651. The molecule has 1 aromatic heterocycles. The van der Waals surface area contributed by atoms with Gasteiger partial charge in [0.05, 0.1) is 6.61 Å². The fourth-order valence-corrected chi connectivity index (χ4v) is 5.11. The van der Waals surface area contributed by atoms with Crippen LogP contribution >= 0.6 is 0 Å². The minimum atomic E-state index is 0.0551. The van der Waals surface area contributed by atoms with E-state index < -0.39 is 0 Å². The van der Waals surface area contributed by atoms with Crippen molar-refractivity contribution in [1.82, 2.24) is 10.3 Å². The minimum absolute atomic E-state index is 0.0551. The summed E-state index contributed by atoms with van der Waals surface area (Å²) in [6, 6.07) is 14.7. The predicted octanol–water partition coefficient (Wildman–Crippen LogP) is 3.32. The van der Waals surface area contributed by atoms with Crippen molar-refractivity contribution in [3.8, 4) is 0 Å². The van der Waals surface area contributed by atoms with Crippen LogP contribution < -0.4 is 5.32 Å². The molecule has 4 heteroatoms. The third-order valence-corrected chi connectivity index (χ3v) is 6.49. The lowest BCUT2D eigenvalue weighted by Gasteiger charge is -2.71. The van der Waals surface area contributed by atoms with E-state index in [2.05, 4.69) is 34.6 Å². The predicted molar refractivity (Wildman–Crippen MR) is 98.6 cm³/mol. The highest BCUT2D eigenvalue weighted by Crippen LogP contribution is 2.68. The number of amides is 1. The van der Waals surface area contributed by atoms with Crippen LogP contribution in [0.5, 0.6) is 0 Å². The topological polar surface area (TPSA) is 51.2 Å². The van der Waals surface area contributed by atoms with Gasteiger partial charge in [-0.2, -0.15) is 0 Å². The van der Waals surface area contributed by atoms with Crippen LogP contribution in [0.25, 0.3) is 0 Å². The number of carbonyl (C=O) groups is 1. The number of pyridine rings is 1. The van der Waals surface area contributed by atoms with Crippen molar-refractivity contribution in [3.05, 3.63) is 65.5 Å². The Hall–Kier alpha value is -2.20. The van der Waals surface area contributed by atoms with Crippen molar-refractivity contribution >= 4 is 5.91 Å². The first-order chi connectivity index (χ1) is 12.6. The molecule has 0 radical (unpaired) electrons. The zero-order valence-corrected chi connectivity index (χ0v) is 15.1. The summed E-state index contributed by atoms with van der Waals surface area (Å²) < 4.78 is 5.18. The van der Waals surface area contributed by atoms with Gasteiger partial charge in [0.2, 0.25) is 5.91 Å². The summed E-state index contributed by atoms with van der Waals surface area (Å²) in [5, 5.41) is 3.36. The maximum absolute atomic E-state index is 12.6. The van der Waals surface area contributed by atoms with E-state index in [1.807, 2.05) is 24.4 Å². The summed E-state index contributed by atoms with van der Waals surface area (Å²) in [6.45, 7) is 0.659. The average molecular weight is 348 g/mol. The molecule has 4 aliphatic rings. The molecule has 0 saturated heterocycles. The molecule has 2 bridgehead atoms. The van der Waals surface area contributed by atoms with E-state index in [1.165, 1.54) is 11.1 Å². The second-order valence-corrected chi connectivity index (χ2v) is 8.41. The van der Waals surface area contributed by atoms with Gasteiger partial charge in [-0.15, -0.1) is 0 Å². The number of benzene rings is 1. The number of hydrogen-bond acceptors (Lipinski definition) is 3. The molecule has 4 aliphatic carbocycles. The van der Waals surface area contributed by atoms with Crippen molar-refractivity contribution in [1.29, 1.82) is 0 Å². The van der Waals surface area contributed by atoms with Crippen molar-refractivity contribution in [2.45, 2.75) is 49.2 Å². The van der Waals surface area contributed by atoms with Gasteiger partial charge >= 0.3 is 0 Å². The lowest BCUT2D eigenvalue weighted by molar-refractivity contribution is -0.139. The van der Waals surface area contributed by atoms with E-state index in [9.17, 15) is 4.79 Å². The van der Waals surface area contributed by atoms with E-state index >= 15 is 0 Å². The summed E-state index contributed by atoms with van der Waals surface area (Å²) >= 11 is 0. The number of carbonyl (C=O) groups excluding carboxylic acids is 1. The zero-order chi connectivity index (χ0) is 17.8. The molecule has 6 rings (SSSR count). The molecule has 2 atom stereocenters. The SMILES string of the molecule is COCc1ccc(C23CC(NC(=O)[C@@H]4C[C@H]4c4ccccn4)(C2)C3)cc1. The number of ether oxygens (including phenoxy) is 1. The van der Waals surface area contributed by atoms with Gasteiger partial charge in [-0.1, -0.05) is 30.3 Å². The highest BCUT2D eigenvalue weighted by Gasteiger charge is 2.69. The summed E-state index contributed by atoms with van der Waals surface area (Å²) in [4.78, 5) is 17.0. The van der Waals surface area contributed by atoms with Crippen molar-refractivity contribution in [3.63, 3.8) is 0 Å². The van der Waals surface area contributed by atoms with Crippen LogP contribution in [0.4, 0.5) is 0 Å². The van der Waals surface area contributed by atoms with Gasteiger partial charge in [0.25, 0.3) is 0 Å². The first-order valence-corrected chi connectivity index (χ1v) is 9.44. The normalized spacial score (nSPS) is 33.7. The molecule has 1 amide bonds. The second kappa shape index (κ2) is 5.65. The highest BCUT2D eigenvalue weighted by molar-refractivity contribution is 5.84. The van der Waals surface area contributed by atoms with E-state index in [0.29, 0.717) is 17.9 Å². The van der Waals surface area contributed by atoms with Gasteiger partial charge in [0.15, 0.2) is 0 Å². The summed E-state index contributed by atoms with van der Waals surface area (Å²) in [7, 11) is 1.72. The van der Waals surface area contributed by atoms with Gasteiger partial charge in [-0.3, -0.25) is 9.78 Å². The van der Waals surface area contributed by atoms with Gasteiger partial charge in [0.1, 0.15) is 0 Å². The Balaban J connectivity index is 1.17. The van der Waals surface area contributed by atoms with Crippen LogP contribution in [0.1, 0.15) is 48.4 Å². The van der Waals surface area contributed by atoms with Gasteiger partial charge < -0.3 is 10.1 Å². The fourth-order valence-electron chi connectivity index (χ4n) is 5.11. The number of nitrogens with one attached hydrogen (secondary N) is 1.